The Morgan fingerprint density at radius 1 is 1.36 bits per heavy atom. The molecule has 11 heavy (non-hydrogen) atoms. The molecule has 0 aliphatic heterocycles. The third-order valence-corrected chi connectivity index (χ3v) is 1.33. The highest BCUT2D eigenvalue weighted by molar-refractivity contribution is 5.85. The fraction of sp³-hybridized carbons (Fsp3) is 0.429. The highest BCUT2D eigenvalue weighted by atomic mass is 35.5. The highest BCUT2D eigenvalue weighted by Gasteiger charge is 1.97. The second kappa shape index (κ2) is 4.26. The molecular weight excluding hydrogens is 162 g/mol. The van der Waals surface area contributed by atoms with E-state index in [2.05, 4.69) is 9.97 Å². The molecule has 0 aromatic carbocycles. The summed E-state index contributed by atoms with van der Waals surface area (Å²) in [5, 5.41) is 0. The van der Waals surface area contributed by atoms with Crippen molar-refractivity contribution < 1.29 is 0 Å². The lowest BCUT2D eigenvalue weighted by atomic mass is 10.2. The summed E-state index contributed by atoms with van der Waals surface area (Å²) in [4.78, 5) is 8.02. The minimum absolute atomic E-state index is 0. The number of nitrogens with zero attached hydrogens (tertiary/aromatic N) is 2. The Morgan fingerprint density at radius 3 is 2.18 bits per heavy atom. The van der Waals surface area contributed by atoms with E-state index in [-0.39, 0.29) is 18.4 Å². The van der Waals surface area contributed by atoms with E-state index in [4.69, 9.17) is 5.73 Å². The van der Waals surface area contributed by atoms with Gasteiger partial charge in [0, 0.05) is 24.0 Å². The van der Waals surface area contributed by atoms with Crippen LogP contribution in [-0.2, 0) is 0 Å². The van der Waals surface area contributed by atoms with E-state index in [0.29, 0.717) is 0 Å². The summed E-state index contributed by atoms with van der Waals surface area (Å²) in [5.74, 6) is 0.782. The quantitative estimate of drug-likeness (QED) is 0.695. The second-order valence-electron chi connectivity index (χ2n) is 2.35. The minimum atomic E-state index is 0. The second-order valence-corrected chi connectivity index (χ2v) is 2.35. The van der Waals surface area contributed by atoms with Crippen molar-refractivity contribution in [3.8, 4) is 0 Å². The van der Waals surface area contributed by atoms with E-state index in [1.165, 1.54) is 0 Å². The molecule has 0 saturated heterocycles. The van der Waals surface area contributed by atoms with E-state index in [0.717, 1.165) is 11.4 Å². The first-order valence-corrected chi connectivity index (χ1v) is 3.24. The molecule has 0 amide bonds. The molecule has 1 heterocycles. The molecule has 0 aliphatic rings. The largest absolute Gasteiger partial charge is 0.324 e. The lowest BCUT2D eigenvalue weighted by Crippen LogP contribution is -2.06. The molecule has 1 rings (SSSR count). The standard InChI is InChI=1S/C7H11N3.ClH/c1-5(8)7-3-9-6(2)10-4-7;/h3-5H,8H2,1-2H3;1H. The molecule has 1 aromatic rings. The third-order valence-electron chi connectivity index (χ3n) is 1.33. The van der Waals surface area contributed by atoms with Crippen molar-refractivity contribution in [2.75, 3.05) is 0 Å². The fourth-order valence-electron chi connectivity index (χ4n) is 0.638. The van der Waals surface area contributed by atoms with Gasteiger partial charge in [-0.15, -0.1) is 12.4 Å². The maximum absolute atomic E-state index is 5.58. The number of nitrogens with two attached hydrogens (primary N) is 1. The Kier molecular flexibility index (Phi) is 4.00. The summed E-state index contributed by atoms with van der Waals surface area (Å²) < 4.78 is 0. The summed E-state index contributed by atoms with van der Waals surface area (Å²) in [5.41, 5.74) is 6.56. The van der Waals surface area contributed by atoms with Crippen LogP contribution in [0.1, 0.15) is 24.4 Å². The van der Waals surface area contributed by atoms with Gasteiger partial charge in [-0.05, 0) is 13.8 Å². The fourth-order valence-corrected chi connectivity index (χ4v) is 0.638. The molecule has 0 aliphatic carbocycles. The summed E-state index contributed by atoms with van der Waals surface area (Å²) in [6, 6.07) is 0.0283. The zero-order valence-electron chi connectivity index (χ0n) is 6.61. The van der Waals surface area contributed by atoms with Crippen LogP contribution in [0.4, 0.5) is 0 Å². The first-order chi connectivity index (χ1) is 4.70. The Morgan fingerprint density at radius 2 is 1.82 bits per heavy atom. The van der Waals surface area contributed by atoms with Gasteiger partial charge in [0.2, 0.25) is 0 Å². The predicted molar refractivity (Wildman–Crippen MR) is 46.6 cm³/mol. The molecule has 2 N–H and O–H groups in total. The number of rotatable bonds is 1. The molecule has 0 saturated carbocycles. The van der Waals surface area contributed by atoms with E-state index >= 15 is 0 Å². The number of hydrogen-bond donors (Lipinski definition) is 1. The Balaban J connectivity index is 0.000001000. The van der Waals surface area contributed by atoms with Crippen LogP contribution in [0.15, 0.2) is 12.4 Å². The van der Waals surface area contributed by atoms with Crippen LogP contribution in [0.5, 0.6) is 0 Å². The van der Waals surface area contributed by atoms with Gasteiger partial charge in [-0.25, -0.2) is 9.97 Å². The third kappa shape index (κ3) is 2.82. The highest BCUT2D eigenvalue weighted by Crippen LogP contribution is 2.04. The van der Waals surface area contributed by atoms with Crippen LogP contribution in [0.2, 0.25) is 0 Å². The van der Waals surface area contributed by atoms with Gasteiger partial charge in [0.05, 0.1) is 0 Å². The SMILES string of the molecule is Cc1ncc(C(C)N)cn1.Cl. The maximum atomic E-state index is 5.58. The van der Waals surface area contributed by atoms with E-state index in [9.17, 15) is 0 Å². The molecule has 1 aromatic heterocycles. The Bertz CT molecular complexity index is 207. The van der Waals surface area contributed by atoms with Crippen LogP contribution in [-0.4, -0.2) is 9.97 Å². The first kappa shape index (κ1) is 10.3. The zero-order valence-corrected chi connectivity index (χ0v) is 7.43. The zero-order chi connectivity index (χ0) is 7.56. The molecule has 4 heteroatoms. The molecule has 3 nitrogen and oxygen atoms in total. The average Bonchev–Trinajstić information content (AvgIpc) is 1.88. The summed E-state index contributed by atoms with van der Waals surface area (Å²) >= 11 is 0. The molecule has 0 fully saturated rings. The van der Waals surface area contributed by atoms with Crippen molar-refractivity contribution in [2.24, 2.45) is 5.73 Å². The molecule has 1 unspecified atom stereocenters. The van der Waals surface area contributed by atoms with Crippen molar-refractivity contribution in [1.82, 2.24) is 9.97 Å². The van der Waals surface area contributed by atoms with Crippen LogP contribution >= 0.6 is 12.4 Å². The van der Waals surface area contributed by atoms with Gasteiger partial charge in [0.25, 0.3) is 0 Å². The number of aromatic nitrogens is 2. The molecule has 0 radical (unpaired) electrons. The van der Waals surface area contributed by atoms with Gasteiger partial charge >= 0.3 is 0 Å². The van der Waals surface area contributed by atoms with Crippen LogP contribution in [0, 0.1) is 6.92 Å². The minimum Gasteiger partial charge on any atom is -0.324 e. The van der Waals surface area contributed by atoms with Gasteiger partial charge in [0.15, 0.2) is 0 Å². The van der Waals surface area contributed by atoms with Crippen molar-refractivity contribution >= 4 is 12.4 Å². The predicted octanol–water partition coefficient (Wildman–Crippen LogP) is 1.23. The molecule has 1 atom stereocenters. The van der Waals surface area contributed by atoms with Crippen molar-refractivity contribution in [3.05, 3.63) is 23.8 Å². The number of aryl methyl sites for hydroxylation is 1. The van der Waals surface area contributed by atoms with Crippen molar-refractivity contribution in [3.63, 3.8) is 0 Å². The van der Waals surface area contributed by atoms with Gasteiger partial charge < -0.3 is 5.73 Å². The Labute approximate surface area is 72.5 Å². The smallest absolute Gasteiger partial charge is 0.125 e. The molecule has 62 valence electrons. The Hall–Kier alpha value is -0.670. The molecule has 0 bridgehead atoms. The lowest BCUT2D eigenvalue weighted by molar-refractivity contribution is 0.797. The average molecular weight is 174 g/mol. The van der Waals surface area contributed by atoms with Gasteiger partial charge in [-0.2, -0.15) is 0 Å². The van der Waals surface area contributed by atoms with Crippen LogP contribution in [0.25, 0.3) is 0 Å². The first-order valence-electron chi connectivity index (χ1n) is 3.24. The van der Waals surface area contributed by atoms with Gasteiger partial charge in [-0.3, -0.25) is 0 Å². The summed E-state index contributed by atoms with van der Waals surface area (Å²) in [6.07, 6.45) is 3.51. The monoisotopic (exact) mass is 173 g/mol. The maximum Gasteiger partial charge on any atom is 0.125 e. The van der Waals surface area contributed by atoms with Gasteiger partial charge in [-0.1, -0.05) is 0 Å². The van der Waals surface area contributed by atoms with Crippen LogP contribution in [0.3, 0.4) is 0 Å². The lowest BCUT2D eigenvalue weighted by Gasteiger charge is -2.02. The van der Waals surface area contributed by atoms with Crippen molar-refractivity contribution in [2.45, 2.75) is 19.9 Å². The van der Waals surface area contributed by atoms with E-state index in [1.54, 1.807) is 12.4 Å². The van der Waals surface area contributed by atoms with Gasteiger partial charge in [0.1, 0.15) is 5.82 Å². The molecule has 0 spiro atoms. The summed E-state index contributed by atoms with van der Waals surface area (Å²) in [7, 11) is 0. The molecular formula is C7H12ClN3. The topological polar surface area (TPSA) is 51.8 Å². The number of halogens is 1. The summed E-state index contributed by atoms with van der Waals surface area (Å²) in [6.45, 7) is 3.76. The van der Waals surface area contributed by atoms with Crippen molar-refractivity contribution in [1.29, 1.82) is 0 Å². The van der Waals surface area contributed by atoms with E-state index < -0.39 is 0 Å². The number of hydrogen-bond acceptors (Lipinski definition) is 3. The van der Waals surface area contributed by atoms with Crippen LogP contribution < -0.4 is 5.73 Å². The van der Waals surface area contributed by atoms with E-state index in [1.807, 2.05) is 13.8 Å². The normalized spacial score (nSPS) is 11.9.